The number of carbonyl (C=O) groups is 1. The molecule has 0 bridgehead atoms. The smallest absolute Gasteiger partial charge is 0.394 e. The van der Waals surface area contributed by atoms with E-state index in [9.17, 15) is 38.2 Å². The molecule has 12 nitrogen and oxygen atoms in total. The number of carbonyl (C=O) groups excluding carboxylic acids is 1. The fraction of sp³-hybridized carbons (Fsp3) is 0.938. The molecule has 0 aromatic rings. The van der Waals surface area contributed by atoms with Gasteiger partial charge < -0.3 is 35.2 Å². The molecule has 1 fully saturated rings. The molecule has 0 aliphatic carbocycles. The molecule has 0 radical (unpaired) electrons. The lowest BCUT2D eigenvalue weighted by Gasteiger charge is -2.41. The van der Waals surface area contributed by atoms with Crippen molar-refractivity contribution in [3.8, 4) is 0 Å². The van der Waals surface area contributed by atoms with Gasteiger partial charge in [0, 0.05) is 6.42 Å². The maximum Gasteiger partial charge on any atom is 0.397 e. The first-order chi connectivity index (χ1) is 29.5. The van der Waals surface area contributed by atoms with Crippen LogP contribution in [-0.4, -0.2) is 95.4 Å². The van der Waals surface area contributed by atoms with Gasteiger partial charge in [-0.25, -0.2) is 4.18 Å². The third-order valence-corrected chi connectivity index (χ3v) is 12.5. The van der Waals surface area contributed by atoms with E-state index in [0.29, 0.717) is 19.3 Å². The maximum atomic E-state index is 13.0. The highest BCUT2D eigenvalue weighted by atomic mass is 32.3. The minimum Gasteiger partial charge on any atom is -0.394 e. The molecule has 1 rings (SSSR count). The van der Waals surface area contributed by atoms with Crippen LogP contribution in [0, 0.1) is 0 Å². The van der Waals surface area contributed by atoms with Crippen LogP contribution in [0.1, 0.15) is 232 Å². The third-order valence-electron chi connectivity index (χ3n) is 12.1. The average Bonchev–Trinajstić information content (AvgIpc) is 3.23. The molecule has 1 saturated heterocycles. The Morgan fingerprint density at radius 3 is 1.48 bits per heavy atom. The van der Waals surface area contributed by atoms with Crippen molar-refractivity contribution < 1.29 is 51.8 Å². The minimum absolute atomic E-state index is 0.232. The second kappa shape index (κ2) is 39.2. The Kier molecular flexibility index (Phi) is 37.2. The zero-order valence-electron chi connectivity index (χ0n) is 38.7. The molecule has 1 heterocycles. The van der Waals surface area contributed by atoms with E-state index in [2.05, 4.69) is 35.5 Å². The van der Waals surface area contributed by atoms with Gasteiger partial charge in [-0.15, -0.1) is 0 Å². The zero-order valence-corrected chi connectivity index (χ0v) is 39.6. The molecule has 7 atom stereocenters. The first-order valence-corrected chi connectivity index (χ1v) is 26.4. The van der Waals surface area contributed by atoms with Crippen LogP contribution in [0.3, 0.4) is 0 Å². The molecular weight excluding hydrogens is 799 g/mol. The summed E-state index contributed by atoms with van der Waals surface area (Å²) in [4.78, 5) is 13.0. The summed E-state index contributed by atoms with van der Waals surface area (Å²) in [6.07, 6.45) is 35.3. The van der Waals surface area contributed by atoms with Crippen molar-refractivity contribution in [1.29, 1.82) is 0 Å². The topological polar surface area (TPSA) is 192 Å². The highest BCUT2D eigenvalue weighted by Gasteiger charge is 2.48. The van der Waals surface area contributed by atoms with Gasteiger partial charge in [-0.05, 0) is 38.5 Å². The Morgan fingerprint density at radius 1 is 0.639 bits per heavy atom. The molecule has 61 heavy (non-hydrogen) atoms. The highest BCUT2D eigenvalue weighted by Crippen LogP contribution is 2.26. The molecule has 0 aromatic heterocycles. The number of amides is 1. The molecule has 1 amide bonds. The standard InChI is InChI=1S/C48H93NO11S/c1-3-5-7-9-11-13-14-15-16-17-18-19-20-21-22-23-24-25-26-27-28-30-32-34-36-38-44(52)49-41(42(51)37-35-33-31-29-12-10-8-6-4-2)40-58-48-46(54)47(60-61(55,56)57)45(53)43(39-50)59-48/h21-22,41-43,45-48,50-51,53-54H,3-20,23-40H2,1-2H3,(H,49,52)(H,55,56,57)/b22-21-. The van der Waals surface area contributed by atoms with Gasteiger partial charge in [0.25, 0.3) is 0 Å². The molecule has 362 valence electrons. The molecule has 6 N–H and O–H groups in total. The van der Waals surface area contributed by atoms with Crippen molar-refractivity contribution in [3.63, 3.8) is 0 Å². The van der Waals surface area contributed by atoms with E-state index in [1.165, 1.54) is 154 Å². The number of aliphatic hydroxyl groups is 4. The number of nitrogens with one attached hydrogen (secondary N) is 1. The summed E-state index contributed by atoms with van der Waals surface area (Å²) in [7, 11) is -5.07. The second-order valence-corrected chi connectivity index (χ2v) is 18.8. The van der Waals surface area contributed by atoms with Gasteiger partial charge in [0.15, 0.2) is 6.29 Å². The first kappa shape index (κ1) is 57.9. The summed E-state index contributed by atoms with van der Waals surface area (Å²) in [5, 5.41) is 44.8. The van der Waals surface area contributed by atoms with Gasteiger partial charge in [0.2, 0.25) is 5.91 Å². The van der Waals surface area contributed by atoms with Crippen LogP contribution >= 0.6 is 0 Å². The van der Waals surface area contributed by atoms with Crippen LogP contribution in [0.25, 0.3) is 0 Å². The van der Waals surface area contributed by atoms with Gasteiger partial charge in [-0.2, -0.15) is 8.42 Å². The summed E-state index contributed by atoms with van der Waals surface area (Å²) in [6.45, 7) is 3.43. The Labute approximate surface area is 372 Å². The predicted octanol–water partition coefficient (Wildman–Crippen LogP) is 10.3. The van der Waals surface area contributed by atoms with Crippen LogP contribution < -0.4 is 5.32 Å². The van der Waals surface area contributed by atoms with Gasteiger partial charge in [-0.1, -0.05) is 199 Å². The number of hydrogen-bond donors (Lipinski definition) is 6. The van der Waals surface area contributed by atoms with Crippen molar-refractivity contribution in [2.24, 2.45) is 0 Å². The lowest BCUT2D eigenvalue weighted by molar-refractivity contribution is -0.298. The Hall–Kier alpha value is -1.16. The fourth-order valence-corrected chi connectivity index (χ4v) is 8.67. The van der Waals surface area contributed by atoms with Gasteiger partial charge in [-0.3, -0.25) is 9.35 Å². The van der Waals surface area contributed by atoms with E-state index < -0.39 is 59.9 Å². The average molecular weight is 892 g/mol. The van der Waals surface area contributed by atoms with E-state index in [4.69, 9.17) is 9.47 Å². The summed E-state index contributed by atoms with van der Waals surface area (Å²) >= 11 is 0. The van der Waals surface area contributed by atoms with Crippen LogP contribution in [0.15, 0.2) is 12.2 Å². The highest BCUT2D eigenvalue weighted by molar-refractivity contribution is 7.80. The number of aliphatic hydroxyl groups excluding tert-OH is 4. The summed E-state index contributed by atoms with van der Waals surface area (Å²) in [6, 6.07) is -0.854. The minimum atomic E-state index is -5.07. The van der Waals surface area contributed by atoms with Gasteiger partial charge in [0.1, 0.15) is 24.4 Å². The molecule has 0 saturated carbocycles. The van der Waals surface area contributed by atoms with Crippen LogP contribution in [0.4, 0.5) is 0 Å². The molecule has 0 aromatic carbocycles. The predicted molar refractivity (Wildman–Crippen MR) is 246 cm³/mol. The summed E-state index contributed by atoms with van der Waals surface area (Å²) < 4.78 is 47.6. The van der Waals surface area contributed by atoms with E-state index in [-0.39, 0.29) is 12.5 Å². The van der Waals surface area contributed by atoms with Crippen molar-refractivity contribution >= 4 is 16.3 Å². The lowest BCUT2D eigenvalue weighted by atomic mass is 9.99. The first-order valence-electron chi connectivity index (χ1n) is 25.1. The SMILES string of the molecule is CCCCCCCCCCCCCC/C=C\CCCCCCCCCCCC(=O)NC(COC1OC(CO)C(O)C(OS(=O)(=O)O)C1O)C(O)CCCCCCCCCCC. The summed E-state index contributed by atoms with van der Waals surface area (Å²) in [5.41, 5.74) is 0. The van der Waals surface area contributed by atoms with E-state index >= 15 is 0 Å². The molecule has 0 spiro atoms. The molecule has 7 unspecified atom stereocenters. The number of unbranched alkanes of at least 4 members (excludes halogenated alkanes) is 29. The largest absolute Gasteiger partial charge is 0.397 e. The Balaban J connectivity index is 2.31. The van der Waals surface area contributed by atoms with E-state index in [1.54, 1.807) is 0 Å². The number of allylic oxidation sites excluding steroid dienone is 2. The normalized spacial score (nSPS) is 20.7. The quantitative estimate of drug-likeness (QED) is 0.0194. The van der Waals surface area contributed by atoms with E-state index in [0.717, 1.165) is 44.9 Å². The van der Waals surface area contributed by atoms with Crippen LogP contribution in [-0.2, 0) is 28.9 Å². The summed E-state index contributed by atoms with van der Waals surface area (Å²) in [5.74, 6) is -0.232. The zero-order chi connectivity index (χ0) is 44.8. The molecule has 1 aliphatic rings. The van der Waals surface area contributed by atoms with Crippen molar-refractivity contribution in [3.05, 3.63) is 12.2 Å². The fourth-order valence-electron chi connectivity index (χ4n) is 8.16. The number of hydrogen-bond acceptors (Lipinski definition) is 10. The second-order valence-electron chi connectivity index (χ2n) is 17.8. The van der Waals surface area contributed by atoms with E-state index in [1.807, 2.05) is 0 Å². The van der Waals surface area contributed by atoms with Crippen LogP contribution in [0.5, 0.6) is 0 Å². The van der Waals surface area contributed by atoms with Crippen LogP contribution in [0.2, 0.25) is 0 Å². The Morgan fingerprint density at radius 2 is 1.05 bits per heavy atom. The lowest BCUT2D eigenvalue weighted by Crippen LogP contribution is -2.61. The molecule has 1 aliphatic heterocycles. The molecule has 13 heteroatoms. The molecular formula is C48H93NO11S. The Bertz CT molecular complexity index is 1140. The van der Waals surface area contributed by atoms with Gasteiger partial charge >= 0.3 is 10.4 Å². The maximum absolute atomic E-state index is 13.0. The third kappa shape index (κ3) is 32.2. The van der Waals surface area contributed by atoms with Gasteiger partial charge in [0.05, 0.1) is 25.4 Å². The van der Waals surface area contributed by atoms with Crippen molar-refractivity contribution in [1.82, 2.24) is 5.32 Å². The van der Waals surface area contributed by atoms with Crippen molar-refractivity contribution in [2.75, 3.05) is 13.2 Å². The number of rotatable bonds is 43. The van der Waals surface area contributed by atoms with Crippen molar-refractivity contribution in [2.45, 2.75) is 275 Å². The number of ether oxygens (including phenoxy) is 2. The monoisotopic (exact) mass is 892 g/mol.